The molecule has 6 heteroatoms. The van der Waals surface area contributed by atoms with Crippen LogP contribution in [0.15, 0.2) is 59.9 Å². The second-order valence-corrected chi connectivity index (χ2v) is 8.85. The quantitative estimate of drug-likeness (QED) is 0.708. The standard InChI is InChI=1S/C25H29NO5/c1-15(2)31-19-11-7-16(8-12-19)21-20(23(28)25(3,4)5)22(27)24(29)26(21)17-9-13-18(30-6)14-10-17/h7-15,21,27H,1-6H3. The van der Waals surface area contributed by atoms with Crippen LogP contribution in [0.25, 0.3) is 0 Å². The molecule has 0 saturated carbocycles. The molecule has 0 radical (unpaired) electrons. The number of aliphatic hydroxyl groups is 1. The number of anilines is 1. The highest BCUT2D eigenvalue weighted by Gasteiger charge is 2.46. The number of carbonyl (C=O) groups is 2. The van der Waals surface area contributed by atoms with E-state index in [1.165, 1.54) is 4.90 Å². The first-order chi connectivity index (χ1) is 14.5. The van der Waals surface area contributed by atoms with Crippen molar-refractivity contribution in [2.45, 2.75) is 46.8 Å². The first-order valence-corrected chi connectivity index (χ1v) is 10.3. The number of carbonyl (C=O) groups excluding carboxylic acids is 2. The van der Waals surface area contributed by atoms with Gasteiger partial charge < -0.3 is 14.6 Å². The molecule has 164 valence electrons. The number of Topliss-reactive ketones (excluding diaryl/α,β-unsaturated/α-hetero) is 1. The first-order valence-electron chi connectivity index (χ1n) is 10.3. The Balaban J connectivity index is 2.12. The molecule has 6 nitrogen and oxygen atoms in total. The summed E-state index contributed by atoms with van der Waals surface area (Å²) in [6.07, 6.45) is 0.0247. The van der Waals surface area contributed by atoms with Gasteiger partial charge in [-0.3, -0.25) is 14.5 Å². The second-order valence-electron chi connectivity index (χ2n) is 8.85. The number of hydrogen-bond acceptors (Lipinski definition) is 5. The van der Waals surface area contributed by atoms with Crippen molar-refractivity contribution < 1.29 is 24.2 Å². The predicted molar refractivity (Wildman–Crippen MR) is 120 cm³/mol. The van der Waals surface area contributed by atoms with Crippen molar-refractivity contribution in [2.24, 2.45) is 5.41 Å². The van der Waals surface area contributed by atoms with E-state index in [1.54, 1.807) is 64.3 Å². The van der Waals surface area contributed by atoms with Crippen molar-refractivity contribution >= 4 is 17.4 Å². The minimum absolute atomic E-state index is 0.0247. The van der Waals surface area contributed by atoms with Gasteiger partial charge in [0.15, 0.2) is 11.5 Å². The average molecular weight is 424 g/mol. The highest BCUT2D eigenvalue weighted by molar-refractivity contribution is 6.17. The van der Waals surface area contributed by atoms with Gasteiger partial charge in [0.05, 0.1) is 24.8 Å². The summed E-state index contributed by atoms with van der Waals surface area (Å²) in [6.45, 7) is 9.19. The molecular formula is C25H29NO5. The summed E-state index contributed by atoms with van der Waals surface area (Å²) in [6, 6.07) is 13.4. The Morgan fingerprint density at radius 3 is 2.03 bits per heavy atom. The molecule has 0 aliphatic carbocycles. The summed E-state index contributed by atoms with van der Waals surface area (Å²) in [5.41, 5.74) is 0.600. The van der Waals surface area contributed by atoms with Crippen LogP contribution < -0.4 is 14.4 Å². The van der Waals surface area contributed by atoms with E-state index in [0.29, 0.717) is 22.7 Å². The smallest absolute Gasteiger partial charge is 0.294 e. The number of aliphatic hydroxyl groups excluding tert-OH is 1. The zero-order chi connectivity index (χ0) is 22.9. The Morgan fingerprint density at radius 2 is 1.55 bits per heavy atom. The molecule has 2 aromatic carbocycles. The molecule has 1 N–H and O–H groups in total. The molecule has 1 heterocycles. The molecular weight excluding hydrogens is 394 g/mol. The molecule has 0 fully saturated rings. The molecule has 3 rings (SSSR count). The molecule has 1 unspecified atom stereocenters. The van der Waals surface area contributed by atoms with Gasteiger partial charge in [-0.2, -0.15) is 0 Å². The Bertz CT molecular complexity index is 998. The Hall–Kier alpha value is -3.28. The molecule has 0 bridgehead atoms. The van der Waals surface area contributed by atoms with Crippen LogP contribution in [-0.2, 0) is 9.59 Å². The summed E-state index contributed by atoms with van der Waals surface area (Å²) in [5.74, 6) is -0.0586. The number of ether oxygens (including phenoxy) is 2. The molecule has 1 amide bonds. The maximum atomic E-state index is 13.3. The molecule has 2 aromatic rings. The van der Waals surface area contributed by atoms with Crippen molar-refractivity contribution in [3.8, 4) is 11.5 Å². The maximum absolute atomic E-state index is 13.3. The number of nitrogens with zero attached hydrogens (tertiary/aromatic N) is 1. The van der Waals surface area contributed by atoms with Gasteiger partial charge in [-0.25, -0.2) is 0 Å². The summed E-state index contributed by atoms with van der Waals surface area (Å²) >= 11 is 0. The number of amides is 1. The molecule has 0 aromatic heterocycles. The van der Waals surface area contributed by atoms with E-state index in [-0.39, 0.29) is 17.5 Å². The van der Waals surface area contributed by atoms with Gasteiger partial charge in [-0.05, 0) is 55.8 Å². The summed E-state index contributed by atoms with van der Waals surface area (Å²) < 4.78 is 10.9. The van der Waals surface area contributed by atoms with Gasteiger partial charge in [0.2, 0.25) is 0 Å². The SMILES string of the molecule is COc1ccc(N2C(=O)C(O)=C(C(=O)C(C)(C)C)C2c2ccc(OC(C)C)cc2)cc1. The topological polar surface area (TPSA) is 76.1 Å². The van der Waals surface area contributed by atoms with Gasteiger partial charge in [-0.15, -0.1) is 0 Å². The second kappa shape index (κ2) is 8.46. The third-order valence-electron chi connectivity index (χ3n) is 5.05. The van der Waals surface area contributed by atoms with Crippen LogP contribution in [0.3, 0.4) is 0 Å². The van der Waals surface area contributed by atoms with Crippen molar-refractivity contribution in [3.63, 3.8) is 0 Å². The molecule has 31 heavy (non-hydrogen) atoms. The highest BCUT2D eigenvalue weighted by atomic mass is 16.5. The van der Waals surface area contributed by atoms with Crippen molar-refractivity contribution in [1.29, 1.82) is 0 Å². The van der Waals surface area contributed by atoms with Gasteiger partial charge >= 0.3 is 0 Å². The fourth-order valence-corrected chi connectivity index (χ4v) is 3.57. The molecule has 0 spiro atoms. The van der Waals surface area contributed by atoms with Crippen LogP contribution in [0, 0.1) is 5.41 Å². The van der Waals surface area contributed by atoms with E-state index in [4.69, 9.17) is 9.47 Å². The van der Waals surface area contributed by atoms with Crippen LogP contribution in [-0.4, -0.2) is 30.0 Å². The fraction of sp³-hybridized carbons (Fsp3) is 0.360. The Morgan fingerprint density at radius 1 is 1.00 bits per heavy atom. The van der Waals surface area contributed by atoms with Crippen LogP contribution in [0.4, 0.5) is 5.69 Å². The van der Waals surface area contributed by atoms with Crippen molar-refractivity contribution in [2.75, 3.05) is 12.0 Å². The van der Waals surface area contributed by atoms with Crippen molar-refractivity contribution in [1.82, 2.24) is 0 Å². The van der Waals surface area contributed by atoms with E-state index in [2.05, 4.69) is 0 Å². The monoisotopic (exact) mass is 423 g/mol. The lowest BCUT2D eigenvalue weighted by Crippen LogP contribution is -2.32. The number of rotatable bonds is 6. The van der Waals surface area contributed by atoms with Gasteiger partial charge in [0, 0.05) is 11.1 Å². The largest absolute Gasteiger partial charge is 0.503 e. The number of methoxy groups -OCH3 is 1. The third-order valence-corrected chi connectivity index (χ3v) is 5.05. The van der Waals surface area contributed by atoms with E-state index in [1.807, 2.05) is 26.0 Å². The lowest BCUT2D eigenvalue weighted by molar-refractivity contribution is -0.123. The third kappa shape index (κ3) is 4.43. The van der Waals surface area contributed by atoms with Crippen LogP contribution in [0.2, 0.25) is 0 Å². The van der Waals surface area contributed by atoms with Crippen LogP contribution in [0.5, 0.6) is 11.5 Å². The van der Waals surface area contributed by atoms with Crippen LogP contribution >= 0.6 is 0 Å². The Kier molecular flexibility index (Phi) is 6.11. The average Bonchev–Trinajstić information content (AvgIpc) is 2.98. The van der Waals surface area contributed by atoms with Gasteiger partial charge in [-0.1, -0.05) is 32.9 Å². The minimum Gasteiger partial charge on any atom is -0.503 e. The molecule has 1 aliphatic rings. The normalized spacial score (nSPS) is 16.8. The van der Waals surface area contributed by atoms with Gasteiger partial charge in [0.25, 0.3) is 5.91 Å². The van der Waals surface area contributed by atoms with Crippen molar-refractivity contribution in [3.05, 3.63) is 65.4 Å². The molecule has 1 aliphatic heterocycles. The first kappa shape index (κ1) is 22.4. The summed E-state index contributed by atoms with van der Waals surface area (Å²) in [4.78, 5) is 27.8. The lowest BCUT2D eigenvalue weighted by Gasteiger charge is -2.29. The lowest BCUT2D eigenvalue weighted by atomic mass is 9.82. The molecule has 1 atom stereocenters. The number of benzene rings is 2. The minimum atomic E-state index is -0.765. The maximum Gasteiger partial charge on any atom is 0.294 e. The zero-order valence-corrected chi connectivity index (χ0v) is 18.8. The fourth-order valence-electron chi connectivity index (χ4n) is 3.57. The molecule has 0 saturated heterocycles. The number of ketones is 1. The van der Waals surface area contributed by atoms with E-state index < -0.39 is 23.1 Å². The van der Waals surface area contributed by atoms with E-state index in [0.717, 1.165) is 0 Å². The summed E-state index contributed by atoms with van der Waals surface area (Å²) in [5, 5.41) is 10.7. The van der Waals surface area contributed by atoms with E-state index >= 15 is 0 Å². The highest BCUT2D eigenvalue weighted by Crippen LogP contribution is 2.43. The predicted octanol–water partition coefficient (Wildman–Crippen LogP) is 5.00. The number of hydrogen-bond donors (Lipinski definition) is 1. The summed E-state index contributed by atoms with van der Waals surface area (Å²) in [7, 11) is 1.56. The van der Waals surface area contributed by atoms with Crippen LogP contribution in [0.1, 0.15) is 46.2 Å². The Labute approximate surface area is 183 Å². The zero-order valence-electron chi connectivity index (χ0n) is 18.8. The van der Waals surface area contributed by atoms with Gasteiger partial charge in [0.1, 0.15) is 11.5 Å². The van der Waals surface area contributed by atoms with E-state index in [9.17, 15) is 14.7 Å².